The summed E-state index contributed by atoms with van der Waals surface area (Å²) in [6.07, 6.45) is 0. The van der Waals surface area contributed by atoms with Gasteiger partial charge in [0.1, 0.15) is 15.7 Å². The molecule has 3 aliphatic rings. The van der Waals surface area contributed by atoms with E-state index in [2.05, 4.69) is 0 Å². The van der Waals surface area contributed by atoms with Crippen LogP contribution in [0.2, 0.25) is 0 Å². The minimum atomic E-state index is -1.21. The van der Waals surface area contributed by atoms with Crippen LogP contribution in [0.15, 0.2) is 78.9 Å². The Morgan fingerprint density at radius 3 is 1.25 bits per heavy atom. The highest BCUT2D eigenvalue weighted by Crippen LogP contribution is 2.62. The highest BCUT2D eigenvalue weighted by atomic mass is 32.1. The molecule has 20 heteroatoms. The van der Waals surface area contributed by atoms with Crippen molar-refractivity contribution < 1.29 is 80.5 Å². The van der Waals surface area contributed by atoms with Gasteiger partial charge < -0.3 is 70.8 Å². The predicted molar refractivity (Wildman–Crippen MR) is 256 cm³/mol. The molecule has 3 aliphatic heterocycles. The molecule has 0 atom stereocenters. The Hall–Kier alpha value is -9.03. The molecule has 0 bridgehead atoms. The Labute approximate surface area is 387 Å². The van der Waals surface area contributed by atoms with Crippen molar-refractivity contribution in [3.05, 3.63) is 78.9 Å². The van der Waals surface area contributed by atoms with E-state index in [4.69, 9.17) is 19.2 Å². The Balaban J connectivity index is 1.04. The van der Waals surface area contributed by atoms with Crippen LogP contribution >= 0.6 is 11.3 Å². The zero-order valence-electron chi connectivity index (χ0n) is 35.0. The number of aromatic hydroxyl groups is 12. The van der Waals surface area contributed by atoms with Crippen LogP contribution in [0.4, 0.5) is 0 Å². The third kappa shape index (κ3) is 5.05. The lowest BCUT2D eigenvalue weighted by atomic mass is 9.34. The average Bonchev–Trinajstić information content (AvgIpc) is 3.64. The molecule has 68 heavy (non-hydrogen) atoms. The minimum Gasteiger partial charge on any atom is -0.505 e. The van der Waals surface area contributed by atoms with E-state index < -0.39 is 81.5 Å². The number of rotatable bonds is 4. The van der Waals surface area contributed by atoms with E-state index in [1.165, 1.54) is 24.3 Å². The van der Waals surface area contributed by atoms with Crippen molar-refractivity contribution in [2.75, 3.05) is 0 Å². The van der Waals surface area contributed by atoms with Crippen LogP contribution in [0.5, 0.6) is 103 Å². The second-order valence-corrected chi connectivity index (χ2v) is 17.6. The molecule has 332 valence electrons. The van der Waals surface area contributed by atoms with Crippen LogP contribution in [0.25, 0.3) is 64.7 Å². The lowest BCUT2D eigenvalue weighted by Gasteiger charge is -2.34. The summed E-state index contributed by atoms with van der Waals surface area (Å²) in [5, 5.41) is 136. The van der Waals surface area contributed by atoms with E-state index in [0.717, 1.165) is 22.5 Å². The first-order valence-electron chi connectivity index (χ1n) is 20.7. The molecule has 0 fully saturated rings. The Morgan fingerprint density at radius 1 is 0.338 bits per heavy atom. The molecule has 0 saturated carbocycles. The lowest BCUT2D eigenvalue weighted by Crippen LogP contribution is -2.58. The molecule has 0 radical (unpaired) electrons. The summed E-state index contributed by atoms with van der Waals surface area (Å²) in [7, 11) is 3.21. The second kappa shape index (κ2) is 13.8. The molecule has 0 unspecified atom stereocenters. The third-order valence-corrected chi connectivity index (χ3v) is 14.4. The largest absolute Gasteiger partial charge is 0.505 e. The number of fused-ring (bicyclic) bond motifs is 3. The topological polar surface area (TPSA) is 280 Å². The van der Waals surface area contributed by atoms with Crippen LogP contribution in [-0.2, 0) is 0 Å². The normalized spacial score (nSPS) is 12.8. The first-order valence-corrected chi connectivity index (χ1v) is 21.5. The number of ether oxygens (including phenoxy) is 2. The van der Waals surface area contributed by atoms with Crippen molar-refractivity contribution in [3.63, 3.8) is 0 Å². The van der Waals surface area contributed by atoms with Crippen molar-refractivity contribution >= 4 is 81.2 Å². The average molecular weight is 926 g/mol. The standard InChI is InChI=1S/C48H29B3O16S/c49-24-25(50)41-26-44(35(24)58)64-42-27-43(65-45-28(51(26)27)46(67-66-41)40(63)38(61)39(45)62)34(57)19(33(42)56)16-10-12-18(13-11-16)21-30(53)37(60)32(55)23-22-31(54)36(59)29(52)20(47(22)68-48(21)23)17-8-6-15(7-9-17)14-4-2-1-3-5-14/h1-13,52-63H,49-50H2. The number of hydrogen-bond donors (Lipinski definition) is 12. The quantitative estimate of drug-likeness (QED) is 0.0672. The molecular weight excluding hydrogens is 897 g/mol. The third-order valence-electron chi connectivity index (χ3n) is 13.2. The smallest absolute Gasteiger partial charge is 0.271 e. The van der Waals surface area contributed by atoms with Gasteiger partial charge in [-0.1, -0.05) is 78.9 Å². The highest BCUT2D eigenvalue weighted by Gasteiger charge is 2.52. The van der Waals surface area contributed by atoms with Crippen LogP contribution in [0, 0.1) is 0 Å². The summed E-state index contributed by atoms with van der Waals surface area (Å²) in [5.74, 6) is -11.0. The summed E-state index contributed by atoms with van der Waals surface area (Å²) in [6, 6.07) is 22.4. The van der Waals surface area contributed by atoms with Crippen LogP contribution < -0.4 is 46.6 Å². The van der Waals surface area contributed by atoms with E-state index >= 15 is 0 Å². The second-order valence-electron chi connectivity index (χ2n) is 16.6. The monoisotopic (exact) mass is 926 g/mol. The molecule has 0 aliphatic carbocycles. The summed E-state index contributed by atoms with van der Waals surface area (Å²) < 4.78 is 12.7. The van der Waals surface area contributed by atoms with Crippen molar-refractivity contribution in [3.8, 4) is 148 Å². The van der Waals surface area contributed by atoms with Crippen molar-refractivity contribution in [1.82, 2.24) is 0 Å². The number of benzene rings is 8. The van der Waals surface area contributed by atoms with Gasteiger partial charge in [-0.3, -0.25) is 9.78 Å². The molecule has 16 nitrogen and oxygen atoms in total. The Bertz CT molecular complexity index is 3680. The van der Waals surface area contributed by atoms with Crippen LogP contribution in [0.1, 0.15) is 0 Å². The number of phenolic OH excluding ortho intramolecular Hbond substituents is 12. The van der Waals surface area contributed by atoms with Gasteiger partial charge in [0, 0.05) is 27.5 Å². The van der Waals surface area contributed by atoms with Gasteiger partial charge in [-0.2, -0.15) is 0 Å². The maximum Gasteiger partial charge on any atom is 0.271 e. The van der Waals surface area contributed by atoms with E-state index in [1.807, 2.05) is 42.5 Å². The molecule has 9 aromatic rings. The molecule has 0 saturated heterocycles. The minimum absolute atomic E-state index is 0.00686. The van der Waals surface area contributed by atoms with Crippen molar-refractivity contribution in [1.29, 1.82) is 0 Å². The van der Waals surface area contributed by atoms with Gasteiger partial charge in [0.2, 0.25) is 34.5 Å². The summed E-state index contributed by atoms with van der Waals surface area (Å²) in [6.45, 7) is -1.21. The number of hydrogen-bond acceptors (Lipinski definition) is 17. The molecule has 1 aromatic heterocycles. The maximum absolute atomic E-state index is 12.1. The van der Waals surface area contributed by atoms with E-state index in [1.54, 1.807) is 27.8 Å². The van der Waals surface area contributed by atoms with Gasteiger partial charge in [-0.15, -0.1) is 11.3 Å². The summed E-state index contributed by atoms with van der Waals surface area (Å²) in [5.41, 5.74) is 3.11. The number of thiophene rings is 1. The van der Waals surface area contributed by atoms with E-state index in [9.17, 15) is 61.3 Å². The fourth-order valence-corrected chi connectivity index (χ4v) is 11.1. The highest BCUT2D eigenvalue weighted by molar-refractivity contribution is 7.27. The van der Waals surface area contributed by atoms with Crippen LogP contribution in [-0.4, -0.2) is 83.7 Å². The molecular formula is C48H29B3O16S. The maximum atomic E-state index is 12.1. The first kappa shape index (κ1) is 40.5. The fourth-order valence-electron chi connectivity index (χ4n) is 9.67. The first-order chi connectivity index (χ1) is 32.6. The zero-order chi connectivity index (χ0) is 47.5. The van der Waals surface area contributed by atoms with Crippen molar-refractivity contribution in [2.24, 2.45) is 0 Å². The van der Waals surface area contributed by atoms with Gasteiger partial charge in [0.05, 0.1) is 25.7 Å². The predicted octanol–water partition coefficient (Wildman–Crippen LogP) is 4.12. The lowest BCUT2D eigenvalue weighted by molar-refractivity contribution is -0.0982. The van der Waals surface area contributed by atoms with E-state index in [-0.39, 0.29) is 93.1 Å². The SMILES string of the molecule is Bc1c(B)c2c3c(c1O)Oc1c(O)c(-c4ccc(-c5c(O)c(O)c(O)c6c5sc5c(-c7ccc(-c8ccccc8)cc7)c(O)c(O)c(O)c56)cc4)c(O)c4c1B3c1c(c(O)c(O)c(O)c1O4)OO2. The molecule has 0 spiro atoms. The molecule has 4 heterocycles. The zero-order valence-corrected chi connectivity index (χ0v) is 35.8. The van der Waals surface area contributed by atoms with Gasteiger partial charge in [0.25, 0.3) is 6.71 Å². The molecule has 12 N–H and O–H groups in total. The van der Waals surface area contributed by atoms with Gasteiger partial charge in [0.15, 0.2) is 69.0 Å². The van der Waals surface area contributed by atoms with Gasteiger partial charge in [-0.05, 0) is 38.7 Å². The summed E-state index contributed by atoms with van der Waals surface area (Å²) in [4.78, 5) is 11.2. The Kier molecular flexibility index (Phi) is 8.19. The molecule has 12 rings (SSSR count). The number of phenols is 12. The van der Waals surface area contributed by atoms with E-state index in [0.29, 0.717) is 16.5 Å². The van der Waals surface area contributed by atoms with Gasteiger partial charge in [-0.25, -0.2) is 0 Å². The molecule has 0 amide bonds. The summed E-state index contributed by atoms with van der Waals surface area (Å²) >= 11 is 0.945. The molecule has 8 aromatic carbocycles. The van der Waals surface area contributed by atoms with Crippen molar-refractivity contribution in [2.45, 2.75) is 0 Å². The Morgan fingerprint density at radius 2 is 0.721 bits per heavy atom. The van der Waals surface area contributed by atoms with Crippen LogP contribution in [0.3, 0.4) is 0 Å². The fraction of sp³-hybridized carbons (Fsp3) is 0. The van der Waals surface area contributed by atoms with Gasteiger partial charge >= 0.3 is 0 Å².